The molecule has 2 aromatic heterocycles. The van der Waals surface area contributed by atoms with Crippen molar-refractivity contribution in [1.82, 2.24) is 20.0 Å². The lowest BCUT2D eigenvalue weighted by atomic mass is 10.1. The van der Waals surface area contributed by atoms with Gasteiger partial charge in [-0.2, -0.15) is 5.10 Å². The number of amides is 1. The lowest BCUT2D eigenvalue weighted by Gasteiger charge is -2.34. The molecule has 0 aliphatic carbocycles. The molecule has 0 bridgehead atoms. The molecule has 7 heteroatoms. The van der Waals surface area contributed by atoms with Crippen LogP contribution >= 0.6 is 0 Å². The van der Waals surface area contributed by atoms with E-state index in [0.29, 0.717) is 18.8 Å². The Bertz CT molecular complexity index is 906. The van der Waals surface area contributed by atoms with Crippen molar-refractivity contribution in [3.63, 3.8) is 0 Å². The standard InChI is InChI=1S/C20H21FN4O2/c21-16-4-1-3-15(11-16)12-24-13-17(25-18(14-24)7-9-23-25)6-8-22-20(26)19-5-2-10-27-19/h1-5,7,9-11,17H,6,8,12-14H2,(H,22,26)/t17-/m0/s1. The van der Waals surface area contributed by atoms with E-state index in [1.54, 1.807) is 30.5 Å². The summed E-state index contributed by atoms with van der Waals surface area (Å²) in [6.45, 7) is 2.77. The van der Waals surface area contributed by atoms with Crippen molar-refractivity contribution in [3.8, 4) is 0 Å². The van der Waals surface area contributed by atoms with Crippen molar-refractivity contribution in [2.75, 3.05) is 13.1 Å². The van der Waals surface area contributed by atoms with Gasteiger partial charge in [0.05, 0.1) is 18.0 Å². The van der Waals surface area contributed by atoms with Gasteiger partial charge in [-0.1, -0.05) is 12.1 Å². The van der Waals surface area contributed by atoms with E-state index in [1.165, 1.54) is 12.3 Å². The highest BCUT2D eigenvalue weighted by Crippen LogP contribution is 2.24. The zero-order valence-corrected chi connectivity index (χ0v) is 14.8. The second-order valence-corrected chi connectivity index (χ2v) is 6.74. The quantitative estimate of drug-likeness (QED) is 0.727. The summed E-state index contributed by atoms with van der Waals surface area (Å²) in [5.41, 5.74) is 2.08. The van der Waals surface area contributed by atoms with Crippen LogP contribution in [0.2, 0.25) is 0 Å². The predicted molar refractivity (Wildman–Crippen MR) is 97.4 cm³/mol. The van der Waals surface area contributed by atoms with Gasteiger partial charge in [-0.3, -0.25) is 14.4 Å². The lowest BCUT2D eigenvalue weighted by molar-refractivity contribution is 0.0919. The molecule has 1 aromatic carbocycles. The third kappa shape index (κ3) is 4.09. The van der Waals surface area contributed by atoms with Gasteiger partial charge in [-0.05, 0) is 42.3 Å². The number of aromatic nitrogens is 2. The molecule has 0 saturated heterocycles. The summed E-state index contributed by atoms with van der Waals surface area (Å²) >= 11 is 0. The number of nitrogens with one attached hydrogen (secondary N) is 1. The number of carbonyl (C=O) groups excluding carboxylic acids is 1. The highest BCUT2D eigenvalue weighted by Gasteiger charge is 2.25. The van der Waals surface area contributed by atoms with E-state index >= 15 is 0 Å². The molecule has 140 valence electrons. The van der Waals surface area contributed by atoms with Crippen molar-refractivity contribution in [2.24, 2.45) is 0 Å². The van der Waals surface area contributed by atoms with E-state index in [2.05, 4.69) is 15.3 Å². The summed E-state index contributed by atoms with van der Waals surface area (Å²) in [7, 11) is 0. The second-order valence-electron chi connectivity index (χ2n) is 6.74. The summed E-state index contributed by atoms with van der Waals surface area (Å²) in [6, 6.07) is 12.2. The van der Waals surface area contributed by atoms with Crippen LogP contribution in [0.1, 0.15) is 34.3 Å². The average Bonchev–Trinajstić information content (AvgIpc) is 3.33. The van der Waals surface area contributed by atoms with E-state index in [0.717, 1.165) is 30.8 Å². The number of nitrogens with zero attached hydrogens (tertiary/aromatic N) is 3. The van der Waals surface area contributed by atoms with Gasteiger partial charge in [0.25, 0.3) is 5.91 Å². The normalized spacial score (nSPS) is 16.9. The van der Waals surface area contributed by atoms with Crippen LogP contribution in [0.3, 0.4) is 0 Å². The number of fused-ring (bicyclic) bond motifs is 1. The number of benzene rings is 1. The van der Waals surface area contributed by atoms with Gasteiger partial charge < -0.3 is 9.73 Å². The van der Waals surface area contributed by atoms with Crippen LogP contribution in [-0.4, -0.2) is 33.7 Å². The monoisotopic (exact) mass is 368 g/mol. The molecule has 3 aromatic rings. The van der Waals surface area contributed by atoms with Crippen LogP contribution in [0, 0.1) is 5.82 Å². The van der Waals surface area contributed by atoms with Gasteiger partial charge in [-0.25, -0.2) is 4.39 Å². The summed E-state index contributed by atoms with van der Waals surface area (Å²) in [5.74, 6) is -0.119. The van der Waals surface area contributed by atoms with E-state index in [-0.39, 0.29) is 17.8 Å². The van der Waals surface area contributed by atoms with E-state index < -0.39 is 0 Å². The summed E-state index contributed by atoms with van der Waals surface area (Å²) in [4.78, 5) is 14.3. The minimum Gasteiger partial charge on any atom is -0.459 e. The molecule has 1 amide bonds. The maximum Gasteiger partial charge on any atom is 0.286 e. The van der Waals surface area contributed by atoms with Crippen LogP contribution < -0.4 is 5.32 Å². The SMILES string of the molecule is O=C(NCC[C@H]1CN(Cc2cccc(F)c2)Cc2ccnn21)c1ccco1. The number of carbonyl (C=O) groups is 1. The Morgan fingerprint density at radius 2 is 2.22 bits per heavy atom. The zero-order valence-electron chi connectivity index (χ0n) is 14.8. The largest absolute Gasteiger partial charge is 0.459 e. The Kier molecular flexibility index (Phi) is 5.02. The molecule has 0 unspecified atom stereocenters. The Morgan fingerprint density at radius 1 is 1.30 bits per heavy atom. The minimum atomic E-state index is -0.216. The highest BCUT2D eigenvalue weighted by molar-refractivity contribution is 5.91. The topological polar surface area (TPSA) is 63.3 Å². The molecule has 1 N–H and O–H groups in total. The zero-order chi connectivity index (χ0) is 18.6. The Balaban J connectivity index is 1.39. The van der Waals surface area contributed by atoms with Crippen molar-refractivity contribution >= 4 is 5.91 Å². The van der Waals surface area contributed by atoms with Crippen molar-refractivity contribution in [3.05, 3.63) is 77.8 Å². The van der Waals surface area contributed by atoms with Crippen LogP contribution in [-0.2, 0) is 13.1 Å². The van der Waals surface area contributed by atoms with Gasteiger partial charge in [0.2, 0.25) is 0 Å². The molecular weight excluding hydrogens is 347 g/mol. The number of hydrogen-bond acceptors (Lipinski definition) is 4. The van der Waals surface area contributed by atoms with Gasteiger partial charge >= 0.3 is 0 Å². The molecule has 0 fully saturated rings. The molecule has 1 aliphatic rings. The first-order chi connectivity index (χ1) is 13.2. The molecule has 3 heterocycles. The van der Waals surface area contributed by atoms with Crippen LogP contribution in [0.15, 0.2) is 59.3 Å². The van der Waals surface area contributed by atoms with Crippen molar-refractivity contribution in [2.45, 2.75) is 25.6 Å². The summed E-state index contributed by atoms with van der Waals surface area (Å²) in [6.07, 6.45) is 4.03. The Morgan fingerprint density at radius 3 is 3.04 bits per heavy atom. The molecule has 4 rings (SSSR count). The van der Waals surface area contributed by atoms with Gasteiger partial charge in [-0.15, -0.1) is 0 Å². The highest BCUT2D eigenvalue weighted by atomic mass is 19.1. The van der Waals surface area contributed by atoms with Gasteiger partial charge in [0, 0.05) is 32.4 Å². The minimum absolute atomic E-state index is 0.147. The van der Waals surface area contributed by atoms with Crippen LogP contribution in [0.4, 0.5) is 4.39 Å². The molecular formula is C20H21FN4O2. The van der Waals surface area contributed by atoms with Gasteiger partial charge in [0.1, 0.15) is 5.82 Å². The predicted octanol–water partition coefficient (Wildman–Crippen LogP) is 2.99. The summed E-state index contributed by atoms with van der Waals surface area (Å²) in [5, 5.41) is 7.33. The molecule has 1 atom stereocenters. The Hall–Kier alpha value is -2.93. The smallest absolute Gasteiger partial charge is 0.286 e. The summed E-state index contributed by atoms with van der Waals surface area (Å²) < 4.78 is 20.6. The number of rotatable bonds is 6. The van der Waals surface area contributed by atoms with Crippen molar-refractivity contribution in [1.29, 1.82) is 0 Å². The first-order valence-electron chi connectivity index (χ1n) is 9.00. The first-order valence-corrected chi connectivity index (χ1v) is 9.00. The fraction of sp³-hybridized carbons (Fsp3) is 0.300. The third-order valence-corrected chi connectivity index (χ3v) is 4.76. The molecule has 6 nitrogen and oxygen atoms in total. The third-order valence-electron chi connectivity index (χ3n) is 4.76. The fourth-order valence-electron chi connectivity index (χ4n) is 3.54. The average molecular weight is 368 g/mol. The Labute approximate surface area is 156 Å². The van der Waals surface area contributed by atoms with Crippen molar-refractivity contribution < 1.29 is 13.6 Å². The van der Waals surface area contributed by atoms with E-state index in [1.807, 2.05) is 16.8 Å². The van der Waals surface area contributed by atoms with Gasteiger partial charge in [0.15, 0.2) is 5.76 Å². The number of hydrogen-bond donors (Lipinski definition) is 1. The fourth-order valence-corrected chi connectivity index (χ4v) is 3.54. The molecule has 0 spiro atoms. The van der Waals surface area contributed by atoms with Crippen LogP contribution in [0.5, 0.6) is 0 Å². The lowest BCUT2D eigenvalue weighted by Crippen LogP contribution is -2.39. The first kappa shape index (κ1) is 17.5. The van der Waals surface area contributed by atoms with Crippen LogP contribution in [0.25, 0.3) is 0 Å². The maximum absolute atomic E-state index is 13.5. The van der Waals surface area contributed by atoms with E-state index in [9.17, 15) is 9.18 Å². The molecule has 0 saturated carbocycles. The molecule has 1 aliphatic heterocycles. The molecule has 0 radical (unpaired) electrons. The number of furan rings is 1. The molecule has 27 heavy (non-hydrogen) atoms. The second kappa shape index (κ2) is 7.75. The van der Waals surface area contributed by atoms with E-state index in [4.69, 9.17) is 4.42 Å². The number of halogens is 1. The maximum atomic E-state index is 13.5.